The van der Waals surface area contributed by atoms with Crippen LogP contribution in [0.3, 0.4) is 0 Å². The van der Waals surface area contributed by atoms with Crippen molar-refractivity contribution < 1.29 is 0 Å². The highest BCUT2D eigenvalue weighted by molar-refractivity contribution is 4.93. The summed E-state index contributed by atoms with van der Waals surface area (Å²) in [6.45, 7) is 2.09. The van der Waals surface area contributed by atoms with Crippen LogP contribution in [0.4, 0.5) is 0 Å². The molecule has 1 unspecified atom stereocenters. The summed E-state index contributed by atoms with van der Waals surface area (Å²) < 4.78 is 0. The molecule has 0 aromatic rings. The molecule has 0 spiro atoms. The van der Waals surface area contributed by atoms with E-state index in [2.05, 4.69) is 19.1 Å². The van der Waals surface area contributed by atoms with Crippen LogP contribution < -0.4 is 5.73 Å². The molecule has 1 aliphatic carbocycles. The van der Waals surface area contributed by atoms with Crippen LogP contribution in [0.15, 0.2) is 12.2 Å². The quantitative estimate of drug-likeness (QED) is 0.582. The molecule has 1 heteroatoms. The van der Waals surface area contributed by atoms with Gasteiger partial charge in [0, 0.05) is 6.04 Å². The van der Waals surface area contributed by atoms with E-state index in [0.29, 0.717) is 6.04 Å². The summed E-state index contributed by atoms with van der Waals surface area (Å²) in [6.07, 6.45) is 9.75. The summed E-state index contributed by atoms with van der Waals surface area (Å²) in [4.78, 5) is 0. The zero-order valence-corrected chi connectivity index (χ0v) is 6.72. The van der Waals surface area contributed by atoms with E-state index in [1.807, 2.05) is 0 Å². The van der Waals surface area contributed by atoms with Gasteiger partial charge in [0.15, 0.2) is 0 Å². The molecule has 0 amide bonds. The molecule has 0 saturated heterocycles. The van der Waals surface area contributed by atoms with Gasteiger partial charge in [-0.3, -0.25) is 0 Å². The van der Waals surface area contributed by atoms with Crippen molar-refractivity contribution in [1.29, 1.82) is 0 Å². The SMILES string of the molecule is CC(N)C[C@H]1C=CCCC1. The minimum Gasteiger partial charge on any atom is -0.328 e. The molecule has 1 aliphatic rings. The van der Waals surface area contributed by atoms with Gasteiger partial charge in [0.25, 0.3) is 0 Å². The molecule has 2 atom stereocenters. The lowest BCUT2D eigenvalue weighted by Crippen LogP contribution is -2.19. The zero-order valence-electron chi connectivity index (χ0n) is 6.72. The molecule has 0 aromatic heterocycles. The molecule has 0 aliphatic heterocycles. The fourth-order valence-electron chi connectivity index (χ4n) is 1.56. The Hall–Kier alpha value is -0.300. The Morgan fingerprint density at radius 3 is 3.00 bits per heavy atom. The first-order chi connectivity index (χ1) is 4.79. The largest absolute Gasteiger partial charge is 0.328 e. The van der Waals surface area contributed by atoms with Crippen molar-refractivity contribution in [2.75, 3.05) is 0 Å². The lowest BCUT2D eigenvalue weighted by molar-refractivity contribution is 0.467. The third-order valence-corrected chi connectivity index (χ3v) is 2.03. The average molecular weight is 139 g/mol. The zero-order chi connectivity index (χ0) is 7.40. The van der Waals surface area contributed by atoms with E-state index in [4.69, 9.17) is 5.73 Å². The molecule has 0 fully saturated rings. The van der Waals surface area contributed by atoms with Gasteiger partial charge in [0.05, 0.1) is 0 Å². The van der Waals surface area contributed by atoms with E-state index in [1.165, 1.54) is 19.3 Å². The molecule has 1 rings (SSSR count). The second kappa shape index (κ2) is 3.77. The number of hydrogen-bond acceptors (Lipinski definition) is 1. The fourth-order valence-corrected chi connectivity index (χ4v) is 1.56. The molecule has 2 N–H and O–H groups in total. The maximum absolute atomic E-state index is 5.69. The average Bonchev–Trinajstić information content (AvgIpc) is 1.88. The fraction of sp³-hybridized carbons (Fsp3) is 0.778. The molecular weight excluding hydrogens is 122 g/mol. The van der Waals surface area contributed by atoms with Crippen LogP contribution in [0.25, 0.3) is 0 Å². The van der Waals surface area contributed by atoms with Crippen LogP contribution >= 0.6 is 0 Å². The summed E-state index contributed by atoms with van der Waals surface area (Å²) in [6, 6.07) is 0.368. The van der Waals surface area contributed by atoms with Crippen molar-refractivity contribution in [3.8, 4) is 0 Å². The highest BCUT2D eigenvalue weighted by Gasteiger charge is 2.09. The second-order valence-corrected chi connectivity index (χ2v) is 3.33. The minimum atomic E-state index is 0.368. The maximum atomic E-state index is 5.69. The van der Waals surface area contributed by atoms with Gasteiger partial charge in [-0.1, -0.05) is 12.2 Å². The van der Waals surface area contributed by atoms with E-state index in [-0.39, 0.29) is 0 Å². The first-order valence-electron chi connectivity index (χ1n) is 4.21. The first kappa shape index (κ1) is 7.80. The third kappa shape index (κ3) is 2.53. The lowest BCUT2D eigenvalue weighted by atomic mass is 9.91. The molecule has 1 nitrogen and oxygen atoms in total. The van der Waals surface area contributed by atoms with Gasteiger partial charge in [-0.15, -0.1) is 0 Å². The van der Waals surface area contributed by atoms with Gasteiger partial charge in [0.1, 0.15) is 0 Å². The Labute approximate surface area is 63.3 Å². The molecule has 0 radical (unpaired) electrons. The Balaban J connectivity index is 2.26. The molecule has 0 bridgehead atoms. The van der Waals surface area contributed by atoms with Crippen molar-refractivity contribution in [3.05, 3.63) is 12.2 Å². The van der Waals surface area contributed by atoms with Gasteiger partial charge in [-0.25, -0.2) is 0 Å². The highest BCUT2D eigenvalue weighted by atomic mass is 14.6. The normalized spacial score (nSPS) is 28.4. The van der Waals surface area contributed by atoms with Crippen molar-refractivity contribution in [1.82, 2.24) is 0 Å². The standard InChI is InChI=1S/C9H17N/c1-8(10)7-9-5-3-2-4-6-9/h3,5,8-9H,2,4,6-7,10H2,1H3/t8?,9-/m0/s1. The number of allylic oxidation sites excluding steroid dienone is 2. The summed E-state index contributed by atoms with van der Waals surface area (Å²) in [5.74, 6) is 0.772. The Morgan fingerprint density at radius 1 is 1.70 bits per heavy atom. The van der Waals surface area contributed by atoms with E-state index in [0.717, 1.165) is 12.3 Å². The third-order valence-electron chi connectivity index (χ3n) is 2.03. The van der Waals surface area contributed by atoms with Gasteiger partial charge < -0.3 is 5.73 Å². The van der Waals surface area contributed by atoms with Crippen molar-refractivity contribution in [2.24, 2.45) is 11.7 Å². The highest BCUT2D eigenvalue weighted by Crippen LogP contribution is 2.20. The smallest absolute Gasteiger partial charge is 0.00160 e. The van der Waals surface area contributed by atoms with Crippen LogP contribution in [-0.2, 0) is 0 Å². The molecule has 0 saturated carbocycles. The molecular formula is C9H17N. The Morgan fingerprint density at radius 2 is 2.50 bits per heavy atom. The van der Waals surface area contributed by atoms with E-state index < -0.39 is 0 Å². The Bertz CT molecular complexity index is 116. The topological polar surface area (TPSA) is 26.0 Å². The summed E-state index contributed by atoms with van der Waals surface area (Å²) in [7, 11) is 0. The molecule has 0 heterocycles. The summed E-state index contributed by atoms with van der Waals surface area (Å²) in [5, 5.41) is 0. The predicted molar refractivity (Wildman–Crippen MR) is 44.7 cm³/mol. The monoisotopic (exact) mass is 139 g/mol. The lowest BCUT2D eigenvalue weighted by Gasteiger charge is -2.17. The van der Waals surface area contributed by atoms with Crippen LogP contribution in [0.1, 0.15) is 32.6 Å². The van der Waals surface area contributed by atoms with Crippen LogP contribution in [0, 0.1) is 5.92 Å². The Kier molecular flexibility index (Phi) is 2.94. The van der Waals surface area contributed by atoms with Gasteiger partial charge in [-0.05, 0) is 38.5 Å². The first-order valence-corrected chi connectivity index (χ1v) is 4.21. The summed E-state index contributed by atoms with van der Waals surface area (Å²) in [5.41, 5.74) is 5.69. The number of hydrogen-bond donors (Lipinski definition) is 1. The number of rotatable bonds is 2. The maximum Gasteiger partial charge on any atom is 0.00160 e. The minimum absolute atomic E-state index is 0.368. The van der Waals surface area contributed by atoms with Crippen LogP contribution in [0.2, 0.25) is 0 Å². The van der Waals surface area contributed by atoms with Gasteiger partial charge >= 0.3 is 0 Å². The van der Waals surface area contributed by atoms with Crippen molar-refractivity contribution in [2.45, 2.75) is 38.6 Å². The molecule has 0 aromatic carbocycles. The van der Waals surface area contributed by atoms with Gasteiger partial charge in [0.2, 0.25) is 0 Å². The van der Waals surface area contributed by atoms with E-state index in [1.54, 1.807) is 0 Å². The van der Waals surface area contributed by atoms with Crippen LogP contribution in [-0.4, -0.2) is 6.04 Å². The van der Waals surface area contributed by atoms with Crippen molar-refractivity contribution in [3.63, 3.8) is 0 Å². The van der Waals surface area contributed by atoms with E-state index >= 15 is 0 Å². The van der Waals surface area contributed by atoms with Gasteiger partial charge in [-0.2, -0.15) is 0 Å². The second-order valence-electron chi connectivity index (χ2n) is 3.33. The molecule has 10 heavy (non-hydrogen) atoms. The number of nitrogens with two attached hydrogens (primary N) is 1. The van der Waals surface area contributed by atoms with Crippen LogP contribution in [0.5, 0.6) is 0 Å². The summed E-state index contributed by atoms with van der Waals surface area (Å²) >= 11 is 0. The van der Waals surface area contributed by atoms with Crippen molar-refractivity contribution >= 4 is 0 Å². The molecule has 58 valence electrons. The van der Waals surface area contributed by atoms with E-state index in [9.17, 15) is 0 Å². The predicted octanol–water partition coefficient (Wildman–Crippen LogP) is 2.08.